The van der Waals surface area contributed by atoms with E-state index < -0.39 is 17.5 Å². The highest BCUT2D eigenvalue weighted by Gasteiger charge is 2.10. The minimum atomic E-state index is -0.701. The van der Waals surface area contributed by atoms with Gasteiger partial charge in [0, 0.05) is 31.0 Å². The molecule has 1 amide bonds. The molecule has 0 aliphatic carbocycles. The Balaban J connectivity index is 1.58. The number of carbonyl (C=O) groups excluding carboxylic acids is 1. The minimum Gasteiger partial charge on any atom is -0.493 e. The van der Waals surface area contributed by atoms with E-state index in [-0.39, 0.29) is 24.3 Å². The largest absolute Gasteiger partial charge is 0.493 e. The van der Waals surface area contributed by atoms with Gasteiger partial charge in [0.05, 0.1) is 17.8 Å². The Hall–Kier alpha value is -3.22. The molecular weight excluding hydrogens is 354 g/mol. The van der Waals surface area contributed by atoms with Gasteiger partial charge in [0.15, 0.2) is 0 Å². The fraction of sp³-hybridized carbons (Fsp3) is 0.200. The zero-order valence-corrected chi connectivity index (χ0v) is 14.7. The molecule has 3 aromatic rings. The maximum absolute atomic E-state index is 13.5. The van der Waals surface area contributed by atoms with Gasteiger partial charge in [-0.3, -0.25) is 9.59 Å². The van der Waals surface area contributed by atoms with Crippen LogP contribution in [0.15, 0.2) is 53.3 Å². The Kier molecular flexibility index (Phi) is 5.49. The maximum atomic E-state index is 13.5. The average molecular weight is 372 g/mol. The monoisotopic (exact) mass is 372 g/mol. The number of anilines is 1. The lowest BCUT2D eigenvalue weighted by Crippen LogP contribution is -2.17. The molecule has 140 valence electrons. The molecule has 0 fully saturated rings. The molecule has 2 aromatic carbocycles. The first-order chi connectivity index (χ1) is 13.0. The summed E-state index contributed by atoms with van der Waals surface area (Å²) in [6, 6.07) is 11.6. The van der Waals surface area contributed by atoms with Crippen LogP contribution in [0.2, 0.25) is 0 Å². The van der Waals surface area contributed by atoms with Crippen molar-refractivity contribution < 1.29 is 18.3 Å². The van der Waals surface area contributed by atoms with Crippen molar-refractivity contribution in [3.63, 3.8) is 0 Å². The van der Waals surface area contributed by atoms with Crippen LogP contribution < -0.4 is 15.6 Å². The summed E-state index contributed by atoms with van der Waals surface area (Å²) in [4.78, 5) is 23.9. The van der Waals surface area contributed by atoms with Crippen molar-refractivity contribution in [3.05, 3.63) is 70.5 Å². The SMILES string of the molecule is Cn1c(=O)cc(OCCCC(=O)Nc2cc(F)ccc2F)c2ccccc21. The number of amides is 1. The van der Waals surface area contributed by atoms with Gasteiger partial charge in [-0.05, 0) is 30.7 Å². The van der Waals surface area contributed by atoms with E-state index in [9.17, 15) is 18.4 Å². The highest BCUT2D eigenvalue weighted by Crippen LogP contribution is 2.23. The van der Waals surface area contributed by atoms with Crippen molar-refractivity contribution in [2.24, 2.45) is 7.05 Å². The summed E-state index contributed by atoms with van der Waals surface area (Å²) in [6.45, 7) is 0.205. The van der Waals surface area contributed by atoms with Gasteiger partial charge in [0.1, 0.15) is 17.4 Å². The summed E-state index contributed by atoms with van der Waals surface area (Å²) in [7, 11) is 1.68. The number of hydrogen-bond acceptors (Lipinski definition) is 3. The maximum Gasteiger partial charge on any atom is 0.254 e. The number of benzene rings is 2. The van der Waals surface area contributed by atoms with Crippen molar-refractivity contribution >= 4 is 22.5 Å². The zero-order chi connectivity index (χ0) is 19.4. The third-order valence-corrected chi connectivity index (χ3v) is 4.12. The smallest absolute Gasteiger partial charge is 0.254 e. The minimum absolute atomic E-state index is 0.0682. The molecule has 1 aromatic heterocycles. The number of pyridine rings is 1. The molecule has 0 unspecified atom stereocenters. The number of nitrogens with one attached hydrogen (secondary N) is 1. The van der Waals surface area contributed by atoms with E-state index in [0.717, 1.165) is 29.1 Å². The summed E-state index contributed by atoms with van der Waals surface area (Å²) in [5.41, 5.74) is 0.362. The Bertz CT molecular complexity index is 1050. The van der Waals surface area contributed by atoms with E-state index in [2.05, 4.69) is 5.32 Å². The first-order valence-electron chi connectivity index (χ1n) is 8.42. The molecule has 0 aliphatic rings. The quantitative estimate of drug-likeness (QED) is 0.673. The Morgan fingerprint density at radius 2 is 1.93 bits per heavy atom. The van der Waals surface area contributed by atoms with Crippen LogP contribution in [0.4, 0.5) is 14.5 Å². The van der Waals surface area contributed by atoms with Gasteiger partial charge in [0.25, 0.3) is 5.56 Å². The highest BCUT2D eigenvalue weighted by atomic mass is 19.1. The molecule has 5 nitrogen and oxygen atoms in total. The molecule has 1 N–H and O–H groups in total. The fourth-order valence-corrected chi connectivity index (χ4v) is 2.72. The number of ether oxygens (including phenoxy) is 1. The molecule has 0 radical (unpaired) electrons. The summed E-state index contributed by atoms with van der Waals surface area (Å²) < 4.78 is 33.8. The van der Waals surface area contributed by atoms with Crippen LogP contribution in [0, 0.1) is 11.6 Å². The van der Waals surface area contributed by atoms with Gasteiger partial charge in [0.2, 0.25) is 5.91 Å². The molecule has 7 heteroatoms. The molecule has 0 aliphatic heterocycles. The van der Waals surface area contributed by atoms with Crippen LogP contribution >= 0.6 is 0 Å². The van der Waals surface area contributed by atoms with E-state index >= 15 is 0 Å². The van der Waals surface area contributed by atoms with Gasteiger partial charge in [-0.2, -0.15) is 0 Å². The summed E-state index contributed by atoms with van der Waals surface area (Å²) in [5, 5.41) is 3.13. The fourth-order valence-electron chi connectivity index (χ4n) is 2.72. The first kappa shape index (κ1) is 18.6. The number of hydrogen-bond donors (Lipinski definition) is 1. The molecule has 0 bridgehead atoms. The molecule has 0 atom stereocenters. The second-order valence-corrected chi connectivity index (χ2v) is 6.05. The van der Waals surface area contributed by atoms with E-state index in [1.54, 1.807) is 7.05 Å². The second kappa shape index (κ2) is 7.99. The van der Waals surface area contributed by atoms with Crippen molar-refractivity contribution in [2.75, 3.05) is 11.9 Å². The number of nitrogens with zero attached hydrogens (tertiary/aromatic N) is 1. The molecular formula is C20H18F2N2O3. The van der Waals surface area contributed by atoms with Gasteiger partial charge in [-0.1, -0.05) is 12.1 Å². The van der Waals surface area contributed by atoms with Crippen LogP contribution in [0.3, 0.4) is 0 Å². The Morgan fingerprint density at radius 3 is 2.74 bits per heavy atom. The third kappa shape index (κ3) is 4.31. The summed E-state index contributed by atoms with van der Waals surface area (Å²) >= 11 is 0. The second-order valence-electron chi connectivity index (χ2n) is 6.05. The predicted molar refractivity (Wildman–Crippen MR) is 98.9 cm³/mol. The molecule has 0 saturated heterocycles. The van der Waals surface area contributed by atoms with Crippen LogP contribution in [0.1, 0.15) is 12.8 Å². The third-order valence-electron chi connectivity index (χ3n) is 4.12. The van der Waals surface area contributed by atoms with E-state index in [1.807, 2.05) is 24.3 Å². The lowest BCUT2D eigenvalue weighted by atomic mass is 10.2. The van der Waals surface area contributed by atoms with Gasteiger partial charge in [-0.25, -0.2) is 8.78 Å². The molecule has 1 heterocycles. The molecule has 3 rings (SSSR count). The van der Waals surface area contributed by atoms with Crippen molar-refractivity contribution in [1.82, 2.24) is 4.57 Å². The molecule has 0 spiro atoms. The van der Waals surface area contributed by atoms with Crippen LogP contribution in [0.5, 0.6) is 5.75 Å². The zero-order valence-electron chi connectivity index (χ0n) is 14.7. The highest BCUT2D eigenvalue weighted by molar-refractivity contribution is 5.90. The molecule has 0 saturated carbocycles. The van der Waals surface area contributed by atoms with Crippen LogP contribution in [-0.2, 0) is 11.8 Å². The molecule has 27 heavy (non-hydrogen) atoms. The van der Waals surface area contributed by atoms with E-state index in [4.69, 9.17) is 4.74 Å². The number of rotatable bonds is 6. The number of fused-ring (bicyclic) bond motifs is 1. The topological polar surface area (TPSA) is 60.3 Å². The lowest BCUT2D eigenvalue weighted by molar-refractivity contribution is -0.116. The Morgan fingerprint density at radius 1 is 1.15 bits per heavy atom. The predicted octanol–water partition coefficient (Wildman–Crippen LogP) is 3.61. The van der Waals surface area contributed by atoms with Crippen molar-refractivity contribution in [1.29, 1.82) is 0 Å². The number of aryl methyl sites for hydroxylation is 1. The number of para-hydroxylation sites is 1. The summed E-state index contributed by atoms with van der Waals surface area (Å²) in [6.07, 6.45) is 0.422. The lowest BCUT2D eigenvalue weighted by Gasteiger charge is -2.11. The van der Waals surface area contributed by atoms with Crippen LogP contribution in [-0.4, -0.2) is 17.1 Å². The van der Waals surface area contributed by atoms with Gasteiger partial charge < -0.3 is 14.6 Å². The van der Waals surface area contributed by atoms with Gasteiger partial charge in [-0.15, -0.1) is 0 Å². The van der Waals surface area contributed by atoms with Crippen LogP contribution in [0.25, 0.3) is 10.9 Å². The first-order valence-corrected chi connectivity index (χ1v) is 8.42. The number of carbonyl (C=O) groups is 1. The van der Waals surface area contributed by atoms with Crippen molar-refractivity contribution in [3.8, 4) is 5.75 Å². The average Bonchev–Trinajstić information content (AvgIpc) is 2.65. The van der Waals surface area contributed by atoms with E-state index in [1.165, 1.54) is 10.6 Å². The number of halogens is 2. The number of aromatic nitrogens is 1. The standard InChI is InChI=1S/C20H18F2N2O3/c1-24-17-6-3-2-5-14(17)18(12-20(24)26)27-10-4-7-19(25)23-16-11-13(21)8-9-15(16)22/h2-3,5-6,8-9,11-12H,4,7,10H2,1H3,(H,23,25). The normalized spacial score (nSPS) is 10.8. The summed E-state index contributed by atoms with van der Waals surface area (Å²) in [5.74, 6) is -1.33. The Labute approximate surface area is 154 Å². The van der Waals surface area contributed by atoms with Crippen molar-refractivity contribution in [2.45, 2.75) is 12.8 Å². The van der Waals surface area contributed by atoms with E-state index in [0.29, 0.717) is 12.2 Å². The van der Waals surface area contributed by atoms with Gasteiger partial charge >= 0.3 is 0 Å².